The fraction of sp³-hybridized carbons (Fsp3) is 0.529. The molecule has 1 saturated heterocycles. The summed E-state index contributed by atoms with van der Waals surface area (Å²) >= 11 is 12.0. The highest BCUT2D eigenvalue weighted by Gasteiger charge is 2.29. The van der Waals surface area contributed by atoms with E-state index < -0.39 is 5.97 Å². The topological polar surface area (TPSA) is 70.1 Å². The molecule has 8 heteroatoms. The number of amides is 1. The van der Waals surface area contributed by atoms with Crippen LogP contribution < -0.4 is 0 Å². The molecule has 1 heterocycles. The molecular weight excluding hydrogens is 367 g/mol. The lowest BCUT2D eigenvalue weighted by Gasteiger charge is -2.36. The third-order valence-corrected chi connectivity index (χ3v) is 4.92. The average Bonchev–Trinajstić information content (AvgIpc) is 2.55. The fourth-order valence-electron chi connectivity index (χ4n) is 2.87. The SMILES string of the molecule is CC(C(=O)N1CCOC(CN(C)CC(=O)O)C1)c1ccc(Cl)c(Cl)c1. The number of nitrogens with zero attached hydrogens (tertiary/aromatic N) is 2. The van der Waals surface area contributed by atoms with Gasteiger partial charge in [0, 0.05) is 19.6 Å². The Balaban J connectivity index is 1.98. The van der Waals surface area contributed by atoms with Gasteiger partial charge in [0.25, 0.3) is 0 Å². The Bertz CT molecular complexity index is 641. The van der Waals surface area contributed by atoms with E-state index in [1.165, 1.54) is 0 Å². The van der Waals surface area contributed by atoms with Crippen LogP contribution in [0.4, 0.5) is 0 Å². The molecule has 138 valence electrons. The summed E-state index contributed by atoms with van der Waals surface area (Å²) in [6, 6.07) is 5.20. The van der Waals surface area contributed by atoms with Gasteiger partial charge in [-0.2, -0.15) is 0 Å². The highest BCUT2D eigenvalue weighted by Crippen LogP contribution is 2.27. The standard InChI is InChI=1S/C17H22Cl2N2O4/c1-11(12-3-4-14(18)15(19)7-12)17(24)21-5-6-25-13(9-21)8-20(2)10-16(22)23/h3-4,7,11,13H,5-6,8-10H2,1-2H3,(H,22,23). The van der Waals surface area contributed by atoms with Crippen molar-refractivity contribution in [2.75, 3.05) is 39.8 Å². The minimum absolute atomic E-state index is 0.00687. The minimum atomic E-state index is -0.889. The van der Waals surface area contributed by atoms with Crippen molar-refractivity contribution in [1.29, 1.82) is 0 Å². The number of hydrogen-bond acceptors (Lipinski definition) is 4. The largest absolute Gasteiger partial charge is 0.480 e. The lowest BCUT2D eigenvalue weighted by atomic mass is 9.99. The molecule has 0 aliphatic carbocycles. The molecule has 1 aromatic carbocycles. The second-order valence-corrected chi connectivity index (χ2v) is 7.08. The van der Waals surface area contributed by atoms with Gasteiger partial charge in [0.1, 0.15) is 0 Å². The quantitative estimate of drug-likeness (QED) is 0.809. The number of likely N-dealkylation sites (N-methyl/N-ethyl adjacent to an activating group) is 1. The summed E-state index contributed by atoms with van der Waals surface area (Å²) in [4.78, 5) is 27.0. The summed E-state index contributed by atoms with van der Waals surface area (Å²) in [6.45, 7) is 3.62. The number of halogens is 2. The monoisotopic (exact) mass is 388 g/mol. The zero-order valence-electron chi connectivity index (χ0n) is 14.2. The Hall–Kier alpha value is -1.34. The van der Waals surface area contributed by atoms with E-state index in [0.29, 0.717) is 36.3 Å². The summed E-state index contributed by atoms with van der Waals surface area (Å²) in [5.74, 6) is -1.24. The van der Waals surface area contributed by atoms with Crippen LogP contribution in [0.15, 0.2) is 18.2 Å². The minimum Gasteiger partial charge on any atom is -0.480 e. The van der Waals surface area contributed by atoms with Crippen molar-refractivity contribution in [3.63, 3.8) is 0 Å². The van der Waals surface area contributed by atoms with Gasteiger partial charge in [-0.05, 0) is 31.7 Å². The van der Waals surface area contributed by atoms with Crippen molar-refractivity contribution in [2.24, 2.45) is 0 Å². The van der Waals surface area contributed by atoms with E-state index in [-0.39, 0.29) is 24.5 Å². The molecule has 0 bridgehead atoms. The number of hydrogen-bond donors (Lipinski definition) is 1. The molecule has 1 aliphatic rings. The van der Waals surface area contributed by atoms with E-state index in [0.717, 1.165) is 5.56 Å². The van der Waals surface area contributed by atoms with Crippen molar-refractivity contribution in [2.45, 2.75) is 18.9 Å². The van der Waals surface area contributed by atoms with E-state index in [4.69, 9.17) is 33.0 Å². The van der Waals surface area contributed by atoms with Gasteiger partial charge in [0.2, 0.25) is 5.91 Å². The highest BCUT2D eigenvalue weighted by atomic mass is 35.5. The van der Waals surface area contributed by atoms with Crippen LogP contribution in [-0.2, 0) is 14.3 Å². The summed E-state index contributed by atoms with van der Waals surface area (Å²) in [6.07, 6.45) is -0.206. The van der Waals surface area contributed by atoms with Crippen LogP contribution in [0.5, 0.6) is 0 Å². The first-order chi connectivity index (χ1) is 11.8. The second kappa shape index (κ2) is 8.85. The lowest BCUT2D eigenvalue weighted by molar-refractivity contribution is -0.143. The molecule has 2 unspecified atom stereocenters. The Morgan fingerprint density at radius 1 is 1.40 bits per heavy atom. The van der Waals surface area contributed by atoms with Crippen LogP contribution >= 0.6 is 23.2 Å². The number of ether oxygens (including phenoxy) is 1. The fourth-order valence-corrected chi connectivity index (χ4v) is 3.18. The number of carboxylic acids is 1. The predicted octanol–water partition coefficient (Wildman–Crippen LogP) is 2.34. The highest BCUT2D eigenvalue weighted by molar-refractivity contribution is 6.42. The maximum Gasteiger partial charge on any atom is 0.317 e. The third kappa shape index (κ3) is 5.57. The number of carbonyl (C=O) groups excluding carboxylic acids is 1. The zero-order chi connectivity index (χ0) is 18.6. The molecule has 0 radical (unpaired) electrons. The predicted molar refractivity (Wildman–Crippen MR) is 96.3 cm³/mol. The Morgan fingerprint density at radius 2 is 2.12 bits per heavy atom. The van der Waals surface area contributed by atoms with Crippen LogP contribution in [0, 0.1) is 0 Å². The van der Waals surface area contributed by atoms with Gasteiger partial charge in [0.15, 0.2) is 0 Å². The molecule has 0 saturated carbocycles. The molecule has 1 aliphatic heterocycles. The van der Waals surface area contributed by atoms with E-state index >= 15 is 0 Å². The molecule has 2 atom stereocenters. The van der Waals surface area contributed by atoms with Crippen molar-refractivity contribution in [3.05, 3.63) is 33.8 Å². The van der Waals surface area contributed by atoms with E-state index in [9.17, 15) is 9.59 Å². The average molecular weight is 389 g/mol. The summed E-state index contributed by atoms with van der Waals surface area (Å²) in [5.41, 5.74) is 0.811. The summed E-state index contributed by atoms with van der Waals surface area (Å²) < 4.78 is 5.66. The van der Waals surface area contributed by atoms with Gasteiger partial charge < -0.3 is 14.7 Å². The van der Waals surface area contributed by atoms with Gasteiger partial charge in [-0.3, -0.25) is 14.5 Å². The molecular formula is C17H22Cl2N2O4. The molecule has 1 amide bonds. The molecule has 1 fully saturated rings. The summed E-state index contributed by atoms with van der Waals surface area (Å²) in [5, 5.41) is 9.71. The number of carboxylic acid groups (broad SMARTS) is 1. The number of morpholine rings is 1. The normalized spacial score (nSPS) is 19.1. The van der Waals surface area contributed by atoms with E-state index in [2.05, 4.69) is 0 Å². The van der Waals surface area contributed by atoms with Crippen LogP contribution in [0.25, 0.3) is 0 Å². The maximum absolute atomic E-state index is 12.8. The first-order valence-electron chi connectivity index (χ1n) is 8.03. The maximum atomic E-state index is 12.8. The second-order valence-electron chi connectivity index (χ2n) is 6.26. The molecule has 0 aromatic heterocycles. The molecule has 2 rings (SSSR count). The van der Waals surface area contributed by atoms with Crippen molar-refractivity contribution >= 4 is 35.1 Å². The molecule has 1 N–H and O–H groups in total. The first-order valence-corrected chi connectivity index (χ1v) is 8.79. The van der Waals surface area contributed by atoms with Gasteiger partial charge in [-0.25, -0.2) is 0 Å². The number of benzene rings is 1. The molecule has 25 heavy (non-hydrogen) atoms. The first kappa shape index (κ1) is 20.0. The van der Waals surface area contributed by atoms with Gasteiger partial charge in [-0.1, -0.05) is 29.3 Å². The summed E-state index contributed by atoms with van der Waals surface area (Å²) in [7, 11) is 1.72. The number of aliphatic carboxylic acids is 1. The number of rotatable bonds is 6. The van der Waals surface area contributed by atoms with Crippen molar-refractivity contribution in [3.8, 4) is 0 Å². The smallest absolute Gasteiger partial charge is 0.317 e. The van der Waals surface area contributed by atoms with E-state index in [1.54, 1.807) is 35.0 Å². The van der Waals surface area contributed by atoms with Crippen LogP contribution in [-0.4, -0.2) is 72.7 Å². The van der Waals surface area contributed by atoms with Crippen LogP contribution in [0.1, 0.15) is 18.4 Å². The van der Waals surface area contributed by atoms with Gasteiger partial charge >= 0.3 is 5.97 Å². The Morgan fingerprint density at radius 3 is 2.76 bits per heavy atom. The molecule has 0 spiro atoms. The zero-order valence-corrected chi connectivity index (χ0v) is 15.8. The van der Waals surface area contributed by atoms with E-state index in [1.807, 2.05) is 6.92 Å². The van der Waals surface area contributed by atoms with Crippen LogP contribution in [0.3, 0.4) is 0 Å². The lowest BCUT2D eigenvalue weighted by Crippen LogP contribution is -2.50. The van der Waals surface area contributed by atoms with Crippen molar-refractivity contribution < 1.29 is 19.4 Å². The van der Waals surface area contributed by atoms with Crippen molar-refractivity contribution in [1.82, 2.24) is 9.80 Å². The van der Waals surface area contributed by atoms with Gasteiger partial charge in [-0.15, -0.1) is 0 Å². The molecule has 1 aromatic rings. The Labute approximate surface area is 157 Å². The van der Waals surface area contributed by atoms with Gasteiger partial charge in [0.05, 0.1) is 35.2 Å². The number of carbonyl (C=O) groups is 2. The molecule has 6 nitrogen and oxygen atoms in total. The van der Waals surface area contributed by atoms with Crippen LogP contribution in [0.2, 0.25) is 10.0 Å². The Kier molecular flexibility index (Phi) is 7.07. The third-order valence-electron chi connectivity index (χ3n) is 4.19.